The number of urea groups is 1. The van der Waals surface area contributed by atoms with Crippen molar-refractivity contribution in [2.75, 3.05) is 71.6 Å². The van der Waals surface area contributed by atoms with Crippen LogP contribution in [0.25, 0.3) is 0 Å². The first-order valence-corrected chi connectivity index (χ1v) is 18.1. The molecule has 0 spiro atoms. The van der Waals surface area contributed by atoms with Gasteiger partial charge in [-0.25, -0.2) is 4.79 Å². The van der Waals surface area contributed by atoms with Crippen LogP contribution in [-0.2, 0) is 44.7 Å². The van der Waals surface area contributed by atoms with Crippen LogP contribution in [-0.4, -0.2) is 163 Å². The summed E-state index contributed by atoms with van der Waals surface area (Å²) >= 11 is 1.19. The third-order valence-electron chi connectivity index (χ3n) is 8.49. The number of Topliss-reactive ketones (excluding diaryl/α,β-unsaturated/α-hetero) is 1. The van der Waals surface area contributed by atoms with Gasteiger partial charge in [-0.05, 0) is 31.0 Å². The van der Waals surface area contributed by atoms with E-state index in [2.05, 4.69) is 10.6 Å². The molecule has 3 saturated heterocycles. The van der Waals surface area contributed by atoms with Crippen molar-refractivity contribution in [1.29, 1.82) is 0 Å². The number of thioether (sulfide) groups is 1. The molecule has 0 aliphatic carbocycles. The lowest BCUT2D eigenvalue weighted by Gasteiger charge is -2.42. The Morgan fingerprint density at radius 3 is 2.34 bits per heavy atom. The van der Waals surface area contributed by atoms with Gasteiger partial charge in [0.1, 0.15) is 36.5 Å². The highest BCUT2D eigenvalue weighted by Gasteiger charge is 2.55. The van der Waals surface area contributed by atoms with Crippen LogP contribution in [0.4, 0.5) is 18.0 Å². The van der Waals surface area contributed by atoms with Crippen LogP contribution in [0.2, 0.25) is 0 Å². The molecular formula is C33H45F3N4O12S. The highest BCUT2D eigenvalue weighted by Crippen LogP contribution is 2.35. The van der Waals surface area contributed by atoms with E-state index >= 15 is 0 Å². The molecule has 3 fully saturated rings. The van der Waals surface area contributed by atoms with Gasteiger partial charge in [-0.2, -0.15) is 13.2 Å². The van der Waals surface area contributed by atoms with Crippen molar-refractivity contribution in [1.82, 2.24) is 20.4 Å². The molecule has 0 radical (unpaired) electrons. The Labute approximate surface area is 307 Å². The zero-order valence-electron chi connectivity index (χ0n) is 29.1. The van der Waals surface area contributed by atoms with Crippen molar-refractivity contribution in [2.24, 2.45) is 0 Å². The first-order chi connectivity index (χ1) is 25.3. The van der Waals surface area contributed by atoms with E-state index in [1.807, 2.05) is 0 Å². The summed E-state index contributed by atoms with van der Waals surface area (Å²) < 4.78 is 66.4. The summed E-state index contributed by atoms with van der Waals surface area (Å²) in [6.45, 7) is 3.09. The quantitative estimate of drug-likeness (QED) is 0.102. The molecule has 0 aromatic heterocycles. The zero-order valence-corrected chi connectivity index (χ0v) is 29.9. The monoisotopic (exact) mass is 778 g/mol. The largest absolute Gasteiger partial charge is 0.491 e. The van der Waals surface area contributed by atoms with Crippen molar-refractivity contribution in [2.45, 2.75) is 68.2 Å². The second-order valence-corrected chi connectivity index (χ2v) is 13.7. The molecule has 16 nitrogen and oxygen atoms in total. The molecular weight excluding hydrogens is 733 g/mol. The maximum atomic E-state index is 12.9. The molecule has 1 aromatic rings. The number of likely N-dealkylation sites (tertiary alicyclic amines) is 2. The summed E-state index contributed by atoms with van der Waals surface area (Å²) in [5.41, 5.74) is 0.735. The molecule has 4 N–H and O–H groups in total. The molecule has 1 aromatic carbocycles. The SMILES string of the molecule is CC(=O)CSC1CC(=O)N(Cc2cccc(OCCOCCOCCOCCNC(=O)NCC3OC4CCN(C(=O)C(F)(F)F)C4[C@@H](O)[C@H]3O)c2)C1=O. The van der Waals surface area contributed by atoms with E-state index in [0.717, 1.165) is 5.56 Å². The van der Waals surface area contributed by atoms with Gasteiger partial charge in [0.05, 0.1) is 69.3 Å². The number of carbonyl (C=O) groups excluding carboxylic acids is 5. The lowest BCUT2D eigenvalue weighted by Crippen LogP contribution is -2.63. The topological polar surface area (TPSA) is 202 Å². The number of imide groups is 1. The summed E-state index contributed by atoms with van der Waals surface area (Å²) in [5.74, 6) is -1.96. The van der Waals surface area contributed by atoms with Gasteiger partial charge in [0, 0.05) is 26.1 Å². The van der Waals surface area contributed by atoms with Gasteiger partial charge in [-0.1, -0.05) is 12.1 Å². The smallest absolute Gasteiger partial charge is 0.471 e. The van der Waals surface area contributed by atoms with E-state index in [0.29, 0.717) is 30.5 Å². The molecule has 6 atom stereocenters. The van der Waals surface area contributed by atoms with E-state index in [9.17, 15) is 47.4 Å². The number of fused-ring (bicyclic) bond motifs is 1. The number of rotatable bonds is 20. The van der Waals surface area contributed by atoms with Crippen LogP contribution < -0.4 is 15.4 Å². The number of nitrogens with one attached hydrogen (secondary N) is 2. The van der Waals surface area contributed by atoms with Crippen molar-refractivity contribution in [3.05, 3.63) is 29.8 Å². The van der Waals surface area contributed by atoms with Crippen molar-refractivity contribution >= 4 is 41.3 Å². The average Bonchev–Trinajstić information content (AvgIpc) is 3.65. The van der Waals surface area contributed by atoms with E-state index in [1.54, 1.807) is 24.3 Å². The van der Waals surface area contributed by atoms with Crippen molar-refractivity contribution in [3.63, 3.8) is 0 Å². The number of hydrogen-bond acceptors (Lipinski definition) is 13. The first-order valence-electron chi connectivity index (χ1n) is 17.1. The molecule has 296 valence electrons. The summed E-state index contributed by atoms with van der Waals surface area (Å²) in [6.07, 6.45) is -10.3. The highest BCUT2D eigenvalue weighted by molar-refractivity contribution is 8.01. The number of nitrogens with zero attached hydrogens (tertiary/aromatic N) is 2. The van der Waals surface area contributed by atoms with Crippen LogP contribution in [0.1, 0.15) is 25.3 Å². The highest BCUT2D eigenvalue weighted by atomic mass is 32.2. The number of aliphatic hydroxyl groups excluding tert-OH is 2. The van der Waals surface area contributed by atoms with Crippen LogP contribution in [0.3, 0.4) is 0 Å². The number of carbonyl (C=O) groups is 5. The molecule has 5 amide bonds. The Morgan fingerprint density at radius 2 is 1.66 bits per heavy atom. The van der Waals surface area contributed by atoms with E-state index in [1.165, 1.54) is 23.6 Å². The fraction of sp³-hybridized carbons (Fsp3) is 0.667. The van der Waals surface area contributed by atoms with Crippen LogP contribution in [0.5, 0.6) is 5.75 Å². The van der Waals surface area contributed by atoms with Gasteiger partial charge in [-0.3, -0.25) is 24.1 Å². The van der Waals surface area contributed by atoms with Gasteiger partial charge in [0.25, 0.3) is 0 Å². The number of amides is 5. The summed E-state index contributed by atoms with van der Waals surface area (Å²) in [4.78, 5) is 61.7. The summed E-state index contributed by atoms with van der Waals surface area (Å²) in [6, 6.07) is 5.12. The number of hydrogen-bond donors (Lipinski definition) is 4. The predicted octanol–water partition coefficient (Wildman–Crippen LogP) is 0.0165. The lowest BCUT2D eigenvalue weighted by atomic mass is 9.93. The van der Waals surface area contributed by atoms with E-state index in [4.69, 9.17) is 23.7 Å². The maximum Gasteiger partial charge on any atom is 0.471 e. The normalized spacial score (nSPS) is 24.3. The van der Waals surface area contributed by atoms with Crippen molar-refractivity contribution < 1.29 is 71.0 Å². The Hall–Kier alpha value is -3.53. The average molecular weight is 779 g/mol. The maximum absolute atomic E-state index is 12.9. The van der Waals surface area contributed by atoms with Gasteiger partial charge in [-0.15, -0.1) is 11.8 Å². The number of benzene rings is 1. The molecule has 3 heterocycles. The zero-order chi connectivity index (χ0) is 38.5. The van der Waals surface area contributed by atoms with Crippen LogP contribution >= 0.6 is 11.8 Å². The second kappa shape index (κ2) is 20.2. The molecule has 0 bridgehead atoms. The van der Waals surface area contributed by atoms with E-state index < -0.39 is 53.8 Å². The third-order valence-corrected chi connectivity index (χ3v) is 9.84. The van der Waals surface area contributed by atoms with Crippen molar-refractivity contribution in [3.8, 4) is 5.75 Å². The number of ketones is 1. The molecule has 4 unspecified atom stereocenters. The summed E-state index contributed by atoms with van der Waals surface area (Å²) in [5, 5.41) is 25.3. The lowest BCUT2D eigenvalue weighted by molar-refractivity contribution is -0.207. The minimum absolute atomic E-state index is 0.0438. The summed E-state index contributed by atoms with van der Waals surface area (Å²) in [7, 11) is 0. The molecule has 3 aliphatic heterocycles. The Morgan fingerprint density at radius 1 is 0.981 bits per heavy atom. The molecule has 0 saturated carbocycles. The first kappa shape index (κ1) is 42.2. The Kier molecular flexibility index (Phi) is 16.1. The minimum atomic E-state index is -5.12. The second-order valence-electron chi connectivity index (χ2n) is 12.5. The number of aliphatic hydroxyl groups is 2. The van der Waals surface area contributed by atoms with Gasteiger partial charge < -0.3 is 49.4 Å². The molecule has 53 heavy (non-hydrogen) atoms. The minimum Gasteiger partial charge on any atom is -0.491 e. The number of halogens is 3. The Balaban J connectivity index is 0.976. The van der Waals surface area contributed by atoms with E-state index in [-0.39, 0.29) is 88.8 Å². The predicted molar refractivity (Wildman–Crippen MR) is 180 cm³/mol. The fourth-order valence-corrected chi connectivity index (χ4v) is 6.94. The number of alkyl halides is 3. The van der Waals surface area contributed by atoms with Gasteiger partial charge >= 0.3 is 18.1 Å². The fourth-order valence-electron chi connectivity index (χ4n) is 5.97. The molecule has 20 heteroatoms. The van der Waals surface area contributed by atoms with Crippen LogP contribution in [0, 0.1) is 0 Å². The standard InChI is InChI=1S/C33H45F3N4O12S/c1-20(41)19-53-25-16-26(42)40(30(25)45)18-21-3-2-4-22(15-21)51-14-13-50-12-11-49-10-9-48-8-6-37-32(47)38-17-24-28(43)29(44)27-23(52-24)5-7-39(27)31(46)33(34,35)36/h2-4,15,23-25,27-29,43-44H,5-14,16-19H2,1H3,(H2,37,38,47)/t23?,24?,25?,27?,28-,29+/m0/s1. The molecule has 3 aliphatic rings. The molecule has 4 rings (SSSR count). The van der Waals surface area contributed by atoms with Gasteiger partial charge in [0.2, 0.25) is 11.8 Å². The van der Waals surface area contributed by atoms with Crippen LogP contribution in [0.15, 0.2) is 24.3 Å². The third kappa shape index (κ3) is 12.5. The van der Waals surface area contributed by atoms with Gasteiger partial charge in [0.15, 0.2) is 0 Å². The Bertz CT molecular complexity index is 1430. The number of ether oxygens (including phenoxy) is 5.